The number of hydrogen-bond acceptors (Lipinski definition) is 6. The Morgan fingerprint density at radius 2 is 1.68 bits per heavy atom. The first-order valence-corrected chi connectivity index (χ1v) is 24.0. The van der Waals surface area contributed by atoms with E-state index in [1.807, 2.05) is 6.08 Å². The normalized spacial score (nSPS) is 32.9. The van der Waals surface area contributed by atoms with Crippen LogP contribution in [0.3, 0.4) is 0 Å². The van der Waals surface area contributed by atoms with Crippen LogP contribution in [0.15, 0.2) is 130 Å². The zero-order valence-electron chi connectivity index (χ0n) is 36.8. The molecule has 0 spiro atoms. The van der Waals surface area contributed by atoms with Crippen molar-refractivity contribution in [2.24, 2.45) is 46.4 Å². The number of aliphatic hydroxyl groups excluding tert-OH is 2. The van der Waals surface area contributed by atoms with Gasteiger partial charge >= 0.3 is 0 Å². The van der Waals surface area contributed by atoms with Crippen molar-refractivity contribution >= 4 is 5.84 Å². The quantitative estimate of drug-likeness (QED) is 0.111. The van der Waals surface area contributed by atoms with Crippen LogP contribution in [0.25, 0.3) is 0 Å². The predicted molar refractivity (Wildman–Crippen MR) is 247 cm³/mol. The minimum Gasteiger partial charge on any atom is -0.396 e. The standard InChI is InChI=1S/C54H73N3O3/c1-4-7-17-37(6-3)36-60-53-56-51(55-52(57-53)46-25-14-15-26-50(46)59)42-29-30-45-47-32-40-20-12-13-21-41(40)33-49(47)54(48(45)34-42,43-22-10-9-11-23-43)44-24-16-19-38(31-44)27-28-39(35-58)18-8-5-2/h9-13,15-16,19-23,26,29-31,37,39-41,44,46,48,50-51,53,56,58-59H,4-8,14,17-18,24-25,27-28,32-36H2,1-3H3,(H,55,57). The third-order valence-electron chi connectivity index (χ3n) is 15.3. The zero-order valence-corrected chi connectivity index (χ0v) is 36.8. The van der Waals surface area contributed by atoms with Gasteiger partial charge in [-0.05, 0) is 116 Å². The fourth-order valence-electron chi connectivity index (χ4n) is 11.9. The Bertz CT molecular complexity index is 1920. The van der Waals surface area contributed by atoms with Crippen LogP contribution in [0.1, 0.15) is 123 Å². The summed E-state index contributed by atoms with van der Waals surface area (Å²) in [6, 6.07) is 11.6. The lowest BCUT2D eigenvalue weighted by atomic mass is 9.55. The number of amidine groups is 1. The summed E-state index contributed by atoms with van der Waals surface area (Å²) in [7, 11) is 0. The molecule has 6 heteroatoms. The average molecular weight is 812 g/mol. The molecule has 0 saturated carbocycles. The van der Waals surface area contributed by atoms with Crippen LogP contribution < -0.4 is 10.6 Å². The van der Waals surface area contributed by atoms with Crippen LogP contribution in [-0.4, -0.2) is 47.9 Å². The molecule has 0 fully saturated rings. The summed E-state index contributed by atoms with van der Waals surface area (Å²) in [5, 5.41) is 29.0. The van der Waals surface area contributed by atoms with E-state index in [2.05, 4.69) is 122 Å². The van der Waals surface area contributed by atoms with Gasteiger partial charge < -0.3 is 20.3 Å². The zero-order chi connectivity index (χ0) is 41.5. The van der Waals surface area contributed by atoms with Gasteiger partial charge in [-0.3, -0.25) is 0 Å². The molecule has 11 atom stereocenters. The van der Waals surface area contributed by atoms with E-state index in [1.165, 1.54) is 54.4 Å². The van der Waals surface area contributed by atoms with Gasteiger partial charge in [0.15, 0.2) is 6.35 Å². The molecular formula is C54H73N3O3. The third-order valence-corrected chi connectivity index (χ3v) is 15.3. The van der Waals surface area contributed by atoms with Gasteiger partial charge in [0.05, 0.1) is 12.7 Å². The van der Waals surface area contributed by atoms with Crippen molar-refractivity contribution in [2.45, 2.75) is 141 Å². The summed E-state index contributed by atoms with van der Waals surface area (Å²) < 4.78 is 6.72. The number of aliphatic imine (C=N–C) groups is 1. The molecule has 6 nitrogen and oxygen atoms in total. The summed E-state index contributed by atoms with van der Waals surface area (Å²) in [4.78, 5) is 5.45. The number of allylic oxidation sites excluding steroid dienone is 14. The Labute approximate surface area is 361 Å². The first kappa shape index (κ1) is 43.1. The van der Waals surface area contributed by atoms with Crippen molar-refractivity contribution in [3.63, 3.8) is 0 Å². The largest absolute Gasteiger partial charge is 0.396 e. The maximum atomic E-state index is 11.2. The van der Waals surface area contributed by atoms with Gasteiger partial charge in [-0.25, -0.2) is 10.3 Å². The van der Waals surface area contributed by atoms with E-state index in [-0.39, 0.29) is 36.4 Å². The smallest absolute Gasteiger partial charge is 0.186 e. The molecule has 0 saturated heterocycles. The monoisotopic (exact) mass is 812 g/mol. The van der Waals surface area contributed by atoms with Crippen LogP contribution >= 0.6 is 0 Å². The number of nitrogens with one attached hydrogen (secondary N) is 2. The van der Waals surface area contributed by atoms with E-state index in [9.17, 15) is 10.2 Å². The molecule has 11 unspecified atom stereocenters. The van der Waals surface area contributed by atoms with E-state index in [0.717, 1.165) is 70.0 Å². The van der Waals surface area contributed by atoms with Gasteiger partial charge in [0.2, 0.25) is 0 Å². The van der Waals surface area contributed by atoms with Crippen LogP contribution in [0.4, 0.5) is 0 Å². The Kier molecular flexibility index (Phi) is 14.4. The van der Waals surface area contributed by atoms with Gasteiger partial charge in [-0.2, -0.15) is 0 Å². The lowest BCUT2D eigenvalue weighted by Crippen LogP contribution is -2.59. The summed E-state index contributed by atoms with van der Waals surface area (Å²) in [6.45, 7) is 7.75. The van der Waals surface area contributed by atoms with Gasteiger partial charge in [-0.15, -0.1) is 0 Å². The first-order valence-electron chi connectivity index (χ1n) is 24.0. The highest BCUT2D eigenvalue weighted by atomic mass is 16.5. The maximum absolute atomic E-state index is 11.2. The highest BCUT2D eigenvalue weighted by molar-refractivity contribution is 5.86. The molecule has 1 aliphatic heterocycles. The van der Waals surface area contributed by atoms with Crippen LogP contribution in [0, 0.1) is 41.4 Å². The Morgan fingerprint density at radius 3 is 2.43 bits per heavy atom. The van der Waals surface area contributed by atoms with Crippen molar-refractivity contribution < 1.29 is 14.9 Å². The van der Waals surface area contributed by atoms with Crippen molar-refractivity contribution in [2.75, 3.05) is 13.2 Å². The first-order chi connectivity index (χ1) is 29.5. The number of benzene rings is 1. The third kappa shape index (κ3) is 9.00. The average Bonchev–Trinajstić information content (AvgIpc) is 3.58. The summed E-state index contributed by atoms with van der Waals surface area (Å²) >= 11 is 0. The number of unbranched alkanes of at least 4 members (excludes halogenated alkanes) is 2. The Morgan fingerprint density at radius 1 is 0.900 bits per heavy atom. The second-order valence-electron chi connectivity index (χ2n) is 19.0. The van der Waals surface area contributed by atoms with E-state index in [0.29, 0.717) is 36.2 Å². The minimum absolute atomic E-state index is 0.0821. The van der Waals surface area contributed by atoms with Crippen LogP contribution in [-0.2, 0) is 10.2 Å². The molecule has 1 heterocycles. The van der Waals surface area contributed by atoms with Gasteiger partial charge in [-0.1, -0.05) is 161 Å². The van der Waals surface area contributed by atoms with E-state index < -0.39 is 6.10 Å². The number of rotatable bonds is 18. The topological polar surface area (TPSA) is 86.1 Å². The second kappa shape index (κ2) is 20.1. The molecule has 0 bridgehead atoms. The SMILES string of the molecule is CCCCC(CO)CCC1=CC(C2(c3ccccc3)C3=C(CC4C=CC=CC4C3)C3=CC=C(C4N=C(C5CCC=CC5O)NC(OCC(CC)CCCC)N4)CC32)CC=C1. The molecule has 6 aliphatic carbocycles. The van der Waals surface area contributed by atoms with Gasteiger partial charge in [0, 0.05) is 23.9 Å². The molecule has 0 aromatic heterocycles. The molecule has 0 amide bonds. The fraction of sp³-hybridized carbons (Fsp3) is 0.574. The molecule has 8 rings (SSSR count). The molecule has 60 heavy (non-hydrogen) atoms. The summed E-state index contributed by atoms with van der Waals surface area (Å²) in [5.74, 6) is 3.25. The number of ether oxygens (including phenoxy) is 1. The molecule has 1 aromatic rings. The Balaban J connectivity index is 1.18. The second-order valence-corrected chi connectivity index (χ2v) is 19.0. The molecule has 7 aliphatic rings. The highest BCUT2D eigenvalue weighted by Crippen LogP contribution is 2.65. The van der Waals surface area contributed by atoms with Crippen LogP contribution in [0.5, 0.6) is 0 Å². The lowest BCUT2D eigenvalue weighted by Gasteiger charge is -2.48. The number of nitrogens with zero attached hydrogens (tertiary/aromatic N) is 1. The number of hydrogen-bond donors (Lipinski definition) is 4. The molecule has 1 aromatic carbocycles. The fourth-order valence-corrected chi connectivity index (χ4v) is 11.9. The van der Waals surface area contributed by atoms with E-state index in [1.54, 1.807) is 11.1 Å². The van der Waals surface area contributed by atoms with Crippen molar-refractivity contribution in [3.8, 4) is 0 Å². The molecule has 4 N–H and O–H groups in total. The molecule has 0 radical (unpaired) electrons. The number of fused-ring (bicyclic) bond motifs is 3. The van der Waals surface area contributed by atoms with Crippen molar-refractivity contribution in [1.29, 1.82) is 0 Å². The summed E-state index contributed by atoms with van der Waals surface area (Å²) in [5.41, 5.74) is 8.74. The molecular weight excluding hydrogens is 739 g/mol. The highest BCUT2D eigenvalue weighted by Gasteiger charge is 2.58. The Hall–Kier alpha value is -3.55. The van der Waals surface area contributed by atoms with Gasteiger partial charge in [0.1, 0.15) is 12.0 Å². The van der Waals surface area contributed by atoms with Gasteiger partial charge in [0.25, 0.3) is 0 Å². The number of aliphatic hydroxyl groups is 2. The maximum Gasteiger partial charge on any atom is 0.186 e. The predicted octanol–water partition coefficient (Wildman–Crippen LogP) is 11.1. The summed E-state index contributed by atoms with van der Waals surface area (Å²) in [6.07, 6.45) is 40.8. The van der Waals surface area contributed by atoms with E-state index in [4.69, 9.17) is 9.73 Å². The molecule has 322 valence electrons. The lowest BCUT2D eigenvalue weighted by molar-refractivity contribution is -0.0135. The van der Waals surface area contributed by atoms with Crippen LogP contribution in [0.2, 0.25) is 0 Å². The minimum atomic E-state index is -0.563. The van der Waals surface area contributed by atoms with Crippen molar-refractivity contribution in [1.82, 2.24) is 10.6 Å². The van der Waals surface area contributed by atoms with Crippen molar-refractivity contribution in [3.05, 3.63) is 131 Å². The van der Waals surface area contributed by atoms with E-state index >= 15 is 0 Å².